The average Bonchev–Trinajstić information content (AvgIpc) is 2.34. The smallest absolute Gasteiger partial charge is 0.228 e. The first-order valence-electron chi connectivity index (χ1n) is 6.17. The highest BCUT2D eigenvalue weighted by molar-refractivity contribution is 5.81. The third kappa shape index (κ3) is 3.33. The Morgan fingerprint density at radius 1 is 1.33 bits per heavy atom. The normalized spacial score (nSPS) is 10.8. The molecule has 0 spiro atoms. The monoisotopic (exact) mass is 244 g/mol. The van der Waals surface area contributed by atoms with E-state index in [1.807, 2.05) is 45.9 Å². The molecule has 1 amide bonds. The predicted octanol–water partition coefficient (Wildman–Crippen LogP) is 2.95. The van der Waals surface area contributed by atoms with E-state index in [2.05, 4.69) is 6.07 Å². The van der Waals surface area contributed by atoms with Gasteiger partial charge >= 0.3 is 0 Å². The van der Waals surface area contributed by atoms with Gasteiger partial charge in [-0.15, -0.1) is 0 Å². The molecule has 3 nitrogen and oxygen atoms in total. The molecule has 0 radical (unpaired) electrons. The molecule has 96 valence electrons. The van der Waals surface area contributed by atoms with E-state index in [1.165, 1.54) is 0 Å². The summed E-state index contributed by atoms with van der Waals surface area (Å²) in [5.74, 6) is 0.109. The van der Waals surface area contributed by atoms with Crippen LogP contribution in [-0.2, 0) is 11.3 Å². The Kier molecular flexibility index (Phi) is 4.49. The second kappa shape index (κ2) is 5.68. The number of benzene rings is 1. The average molecular weight is 244 g/mol. The highest BCUT2D eigenvalue weighted by Gasteiger charge is 2.26. The Hall–Kier alpha value is -1.82. The maximum absolute atomic E-state index is 12.2. The molecule has 0 fully saturated rings. The highest BCUT2D eigenvalue weighted by Crippen LogP contribution is 2.20. The van der Waals surface area contributed by atoms with Crippen LogP contribution in [0.2, 0.25) is 0 Å². The molecule has 0 aliphatic heterocycles. The van der Waals surface area contributed by atoms with Crippen molar-refractivity contribution in [2.75, 3.05) is 6.54 Å². The van der Waals surface area contributed by atoms with Gasteiger partial charge in [-0.25, -0.2) is 0 Å². The van der Waals surface area contributed by atoms with Crippen molar-refractivity contribution in [1.82, 2.24) is 4.90 Å². The molecular formula is C15H20N2O. The highest BCUT2D eigenvalue weighted by atomic mass is 16.2. The van der Waals surface area contributed by atoms with E-state index < -0.39 is 5.41 Å². The van der Waals surface area contributed by atoms with E-state index in [0.717, 1.165) is 5.56 Å². The lowest BCUT2D eigenvalue weighted by molar-refractivity contribution is -0.139. The van der Waals surface area contributed by atoms with Crippen LogP contribution in [-0.4, -0.2) is 17.4 Å². The minimum absolute atomic E-state index is 0.109. The maximum atomic E-state index is 12.2. The van der Waals surface area contributed by atoms with Crippen molar-refractivity contribution in [2.24, 2.45) is 5.41 Å². The fraction of sp³-hybridized carbons (Fsp3) is 0.467. The van der Waals surface area contributed by atoms with Crippen molar-refractivity contribution < 1.29 is 4.79 Å². The Labute approximate surface area is 109 Å². The molecule has 3 heteroatoms. The number of hydrogen-bond acceptors (Lipinski definition) is 2. The van der Waals surface area contributed by atoms with Gasteiger partial charge in [0.1, 0.15) is 0 Å². The zero-order chi connectivity index (χ0) is 13.8. The molecule has 0 saturated carbocycles. The molecule has 0 saturated heterocycles. The fourth-order valence-electron chi connectivity index (χ4n) is 1.77. The number of nitrogens with zero attached hydrogens (tertiary/aromatic N) is 2. The molecule has 1 aromatic rings. The number of nitriles is 1. The van der Waals surface area contributed by atoms with E-state index in [-0.39, 0.29) is 5.91 Å². The molecule has 0 heterocycles. The van der Waals surface area contributed by atoms with Gasteiger partial charge < -0.3 is 4.90 Å². The number of hydrogen-bond donors (Lipinski definition) is 0. The number of rotatable bonds is 3. The summed E-state index contributed by atoms with van der Waals surface area (Å²) in [6.07, 6.45) is 0. The first-order chi connectivity index (χ1) is 8.40. The maximum Gasteiger partial charge on any atom is 0.228 e. The lowest BCUT2D eigenvalue weighted by atomic mass is 9.94. The van der Waals surface area contributed by atoms with Crippen molar-refractivity contribution in [3.63, 3.8) is 0 Å². The second-order valence-corrected chi connectivity index (χ2v) is 5.34. The summed E-state index contributed by atoms with van der Waals surface area (Å²) in [5.41, 5.74) is 1.15. The van der Waals surface area contributed by atoms with E-state index in [0.29, 0.717) is 18.7 Å². The molecule has 1 aromatic carbocycles. The van der Waals surface area contributed by atoms with E-state index >= 15 is 0 Å². The number of carbonyl (C=O) groups is 1. The van der Waals surface area contributed by atoms with Crippen molar-refractivity contribution in [3.8, 4) is 6.07 Å². The summed E-state index contributed by atoms with van der Waals surface area (Å²) in [7, 11) is 0. The minimum Gasteiger partial charge on any atom is -0.338 e. The topological polar surface area (TPSA) is 44.1 Å². The van der Waals surface area contributed by atoms with Gasteiger partial charge in [0, 0.05) is 18.5 Å². The first-order valence-corrected chi connectivity index (χ1v) is 6.17. The molecule has 0 unspecified atom stereocenters. The number of carbonyl (C=O) groups excluding carboxylic acids is 1. The van der Waals surface area contributed by atoms with Gasteiger partial charge in [0.2, 0.25) is 5.91 Å². The summed E-state index contributed by atoms with van der Waals surface area (Å²) >= 11 is 0. The fourth-order valence-corrected chi connectivity index (χ4v) is 1.77. The third-order valence-electron chi connectivity index (χ3n) is 2.81. The Morgan fingerprint density at radius 3 is 2.44 bits per heavy atom. The molecule has 0 N–H and O–H groups in total. The minimum atomic E-state index is -0.391. The van der Waals surface area contributed by atoms with Crippen molar-refractivity contribution >= 4 is 5.91 Å². The van der Waals surface area contributed by atoms with Crippen LogP contribution < -0.4 is 0 Å². The van der Waals surface area contributed by atoms with Crippen molar-refractivity contribution in [3.05, 3.63) is 35.4 Å². The summed E-state index contributed by atoms with van der Waals surface area (Å²) in [5, 5.41) is 9.05. The van der Waals surface area contributed by atoms with Gasteiger partial charge in [0.15, 0.2) is 0 Å². The Morgan fingerprint density at radius 2 is 1.94 bits per heavy atom. The Balaban J connectivity index is 2.94. The van der Waals surface area contributed by atoms with Crippen LogP contribution in [0.3, 0.4) is 0 Å². The van der Waals surface area contributed by atoms with Crippen LogP contribution in [0, 0.1) is 16.7 Å². The summed E-state index contributed by atoms with van der Waals surface area (Å²) in [4.78, 5) is 14.0. The molecular weight excluding hydrogens is 224 g/mol. The Bertz CT molecular complexity index is 466. The van der Waals surface area contributed by atoms with E-state index in [1.54, 1.807) is 11.0 Å². The van der Waals surface area contributed by atoms with E-state index in [9.17, 15) is 4.79 Å². The molecule has 0 bridgehead atoms. The summed E-state index contributed by atoms with van der Waals surface area (Å²) in [6, 6.07) is 9.58. The second-order valence-electron chi connectivity index (χ2n) is 5.34. The van der Waals surface area contributed by atoms with Gasteiger partial charge in [-0.2, -0.15) is 5.26 Å². The zero-order valence-electron chi connectivity index (χ0n) is 11.5. The third-order valence-corrected chi connectivity index (χ3v) is 2.81. The van der Waals surface area contributed by atoms with Crippen molar-refractivity contribution in [2.45, 2.75) is 34.2 Å². The van der Waals surface area contributed by atoms with Gasteiger partial charge in [-0.1, -0.05) is 39.0 Å². The zero-order valence-corrected chi connectivity index (χ0v) is 11.5. The standard InChI is InChI=1S/C15H20N2O/c1-5-17(14(18)15(2,3)4)11-13-9-7-6-8-12(13)10-16/h6-9H,5,11H2,1-4H3. The SMILES string of the molecule is CCN(Cc1ccccc1C#N)C(=O)C(C)(C)C. The summed E-state index contributed by atoms with van der Waals surface area (Å²) < 4.78 is 0. The van der Waals surface area contributed by atoms with Crippen LogP contribution in [0.1, 0.15) is 38.8 Å². The largest absolute Gasteiger partial charge is 0.338 e. The predicted molar refractivity (Wildman–Crippen MR) is 71.7 cm³/mol. The van der Waals surface area contributed by atoms with Crippen LogP contribution >= 0.6 is 0 Å². The lowest BCUT2D eigenvalue weighted by Gasteiger charge is -2.28. The molecule has 18 heavy (non-hydrogen) atoms. The van der Waals surface area contributed by atoms with Crippen LogP contribution in [0.5, 0.6) is 0 Å². The molecule has 1 rings (SSSR count). The summed E-state index contributed by atoms with van der Waals surface area (Å²) in [6.45, 7) is 8.83. The lowest BCUT2D eigenvalue weighted by Crippen LogP contribution is -2.39. The van der Waals surface area contributed by atoms with Gasteiger partial charge in [-0.05, 0) is 18.6 Å². The first kappa shape index (κ1) is 14.2. The van der Waals surface area contributed by atoms with Crippen LogP contribution in [0.15, 0.2) is 24.3 Å². The van der Waals surface area contributed by atoms with Crippen LogP contribution in [0.25, 0.3) is 0 Å². The number of amides is 1. The van der Waals surface area contributed by atoms with E-state index in [4.69, 9.17) is 5.26 Å². The van der Waals surface area contributed by atoms with Gasteiger partial charge in [0.05, 0.1) is 11.6 Å². The molecule has 0 aliphatic carbocycles. The molecule has 0 aliphatic rings. The molecule has 0 atom stereocenters. The molecule has 0 aromatic heterocycles. The van der Waals surface area contributed by atoms with Gasteiger partial charge in [-0.3, -0.25) is 4.79 Å². The quantitative estimate of drug-likeness (QED) is 0.820. The van der Waals surface area contributed by atoms with Crippen LogP contribution in [0.4, 0.5) is 0 Å². The van der Waals surface area contributed by atoms with Crippen molar-refractivity contribution in [1.29, 1.82) is 5.26 Å². The van der Waals surface area contributed by atoms with Gasteiger partial charge in [0.25, 0.3) is 0 Å².